The van der Waals surface area contributed by atoms with Crippen LogP contribution in [0.25, 0.3) is 10.9 Å². The van der Waals surface area contributed by atoms with E-state index in [1.807, 2.05) is 0 Å². The highest BCUT2D eigenvalue weighted by Crippen LogP contribution is 2.26. The number of sulfonamides is 1. The van der Waals surface area contributed by atoms with Crippen LogP contribution in [0.2, 0.25) is 0 Å². The monoisotopic (exact) mass is 467 g/mol. The second-order valence-corrected chi connectivity index (χ2v) is 8.99. The molecule has 0 aliphatic carbocycles. The SMILES string of the molecule is CN(C)S(=O)(=O)c1ccc2noc(C(=O)Nc3ccc(Br)cc3C(=O)O)c2c1. The Morgan fingerprint density at radius 2 is 1.89 bits per heavy atom. The van der Waals surface area contributed by atoms with Crippen LogP contribution >= 0.6 is 15.9 Å². The number of carbonyl (C=O) groups excluding carboxylic acids is 1. The molecule has 1 heterocycles. The molecule has 0 saturated heterocycles. The number of rotatable bonds is 5. The molecule has 11 heteroatoms. The van der Waals surface area contributed by atoms with Gasteiger partial charge < -0.3 is 14.9 Å². The number of amides is 1. The fraction of sp³-hybridized carbons (Fsp3) is 0.118. The minimum atomic E-state index is -3.72. The van der Waals surface area contributed by atoms with Gasteiger partial charge in [-0.15, -0.1) is 0 Å². The summed E-state index contributed by atoms with van der Waals surface area (Å²) in [6, 6.07) is 8.41. The van der Waals surface area contributed by atoms with Crippen LogP contribution in [0.4, 0.5) is 5.69 Å². The van der Waals surface area contributed by atoms with E-state index in [-0.39, 0.29) is 32.8 Å². The van der Waals surface area contributed by atoms with Gasteiger partial charge in [-0.3, -0.25) is 4.79 Å². The Morgan fingerprint density at radius 3 is 2.54 bits per heavy atom. The molecule has 3 rings (SSSR count). The standard InChI is InChI=1S/C17H14BrN3O6S/c1-21(2)28(25,26)10-4-6-14-11(8-10)15(27-20-14)16(22)19-13-5-3-9(18)7-12(13)17(23)24/h3-8H,1-2H3,(H,19,22)(H,23,24). The minimum Gasteiger partial charge on any atom is -0.478 e. The van der Waals surface area contributed by atoms with Gasteiger partial charge in [0.15, 0.2) is 0 Å². The molecule has 28 heavy (non-hydrogen) atoms. The van der Waals surface area contributed by atoms with Crippen LogP contribution in [-0.2, 0) is 10.0 Å². The quantitative estimate of drug-likeness (QED) is 0.589. The maximum atomic E-state index is 12.6. The summed E-state index contributed by atoms with van der Waals surface area (Å²) in [4.78, 5) is 24.0. The highest BCUT2D eigenvalue weighted by Gasteiger charge is 2.23. The van der Waals surface area contributed by atoms with Gasteiger partial charge in [0.2, 0.25) is 15.8 Å². The Balaban J connectivity index is 2.03. The van der Waals surface area contributed by atoms with Crippen molar-refractivity contribution in [2.24, 2.45) is 0 Å². The van der Waals surface area contributed by atoms with Crippen LogP contribution in [0.1, 0.15) is 20.9 Å². The van der Waals surface area contributed by atoms with Crippen molar-refractivity contribution in [3.63, 3.8) is 0 Å². The molecule has 0 bridgehead atoms. The van der Waals surface area contributed by atoms with E-state index in [1.54, 1.807) is 6.07 Å². The first-order chi connectivity index (χ1) is 13.1. The number of carboxylic acids is 1. The van der Waals surface area contributed by atoms with E-state index < -0.39 is 21.9 Å². The van der Waals surface area contributed by atoms with Crippen LogP contribution < -0.4 is 5.32 Å². The van der Waals surface area contributed by atoms with Gasteiger partial charge in [0, 0.05) is 18.6 Å². The van der Waals surface area contributed by atoms with Gasteiger partial charge in [-0.1, -0.05) is 21.1 Å². The Kier molecular flexibility index (Phi) is 5.24. The van der Waals surface area contributed by atoms with Gasteiger partial charge in [-0.2, -0.15) is 0 Å². The number of hydrogen-bond donors (Lipinski definition) is 2. The number of fused-ring (bicyclic) bond motifs is 1. The molecule has 0 fully saturated rings. The Bertz CT molecular complexity index is 1200. The fourth-order valence-corrected chi connectivity index (χ4v) is 3.73. The van der Waals surface area contributed by atoms with E-state index in [4.69, 9.17) is 4.52 Å². The van der Waals surface area contributed by atoms with Crippen LogP contribution in [0.3, 0.4) is 0 Å². The lowest BCUT2D eigenvalue weighted by molar-refractivity contribution is 0.0698. The number of hydrogen-bond acceptors (Lipinski definition) is 6. The van der Waals surface area contributed by atoms with Gasteiger partial charge >= 0.3 is 5.97 Å². The zero-order chi connectivity index (χ0) is 20.6. The van der Waals surface area contributed by atoms with Crippen molar-refractivity contribution in [3.8, 4) is 0 Å². The Labute approximate surface area is 168 Å². The molecule has 3 aromatic rings. The maximum absolute atomic E-state index is 12.6. The van der Waals surface area contributed by atoms with Crippen LogP contribution in [0.5, 0.6) is 0 Å². The maximum Gasteiger partial charge on any atom is 0.337 e. The highest BCUT2D eigenvalue weighted by molar-refractivity contribution is 9.10. The number of aromatic nitrogens is 1. The number of benzene rings is 2. The number of aromatic carboxylic acids is 1. The molecule has 0 unspecified atom stereocenters. The lowest BCUT2D eigenvalue weighted by Gasteiger charge is -2.11. The lowest BCUT2D eigenvalue weighted by atomic mass is 10.1. The summed E-state index contributed by atoms with van der Waals surface area (Å²) in [6.07, 6.45) is 0. The third kappa shape index (κ3) is 3.63. The Morgan fingerprint density at radius 1 is 1.18 bits per heavy atom. The van der Waals surface area contributed by atoms with Crippen molar-refractivity contribution >= 4 is 54.4 Å². The van der Waals surface area contributed by atoms with Crippen LogP contribution in [0, 0.1) is 0 Å². The van der Waals surface area contributed by atoms with Gasteiger partial charge in [0.25, 0.3) is 5.91 Å². The molecule has 0 radical (unpaired) electrons. The summed E-state index contributed by atoms with van der Waals surface area (Å²) in [5, 5.41) is 15.7. The van der Waals surface area contributed by atoms with E-state index in [1.165, 1.54) is 44.4 Å². The second-order valence-electron chi connectivity index (χ2n) is 5.93. The molecule has 0 aliphatic heterocycles. The summed E-state index contributed by atoms with van der Waals surface area (Å²) in [6.45, 7) is 0. The number of anilines is 1. The smallest absolute Gasteiger partial charge is 0.337 e. The van der Waals surface area contributed by atoms with Gasteiger partial charge in [-0.25, -0.2) is 17.5 Å². The van der Waals surface area contributed by atoms with Gasteiger partial charge in [-0.05, 0) is 36.4 Å². The second kappa shape index (κ2) is 7.34. The third-order valence-electron chi connectivity index (χ3n) is 3.89. The molecule has 2 N–H and O–H groups in total. The van der Waals surface area contributed by atoms with Gasteiger partial charge in [0.1, 0.15) is 5.52 Å². The molecule has 0 saturated carbocycles. The van der Waals surface area contributed by atoms with Crippen LogP contribution in [0.15, 0.2) is 50.3 Å². The molecule has 0 spiro atoms. The summed E-state index contributed by atoms with van der Waals surface area (Å²) in [5.41, 5.74) is 0.224. The molecule has 1 aromatic heterocycles. The number of carbonyl (C=O) groups is 2. The van der Waals surface area contributed by atoms with Crippen molar-refractivity contribution < 1.29 is 27.6 Å². The first-order valence-corrected chi connectivity index (χ1v) is 10.0. The Hall–Kier alpha value is -2.76. The summed E-state index contributed by atoms with van der Waals surface area (Å²) < 4.78 is 31.3. The molecule has 9 nitrogen and oxygen atoms in total. The van der Waals surface area contributed by atoms with E-state index in [0.717, 1.165) is 4.31 Å². The van der Waals surface area contributed by atoms with Crippen molar-refractivity contribution in [2.45, 2.75) is 4.90 Å². The predicted octanol–water partition coefficient (Wildman–Crippen LogP) is 2.79. The number of halogens is 1. The number of carboxylic acid groups (broad SMARTS) is 1. The molecular weight excluding hydrogens is 454 g/mol. The highest BCUT2D eigenvalue weighted by atomic mass is 79.9. The first-order valence-electron chi connectivity index (χ1n) is 7.77. The number of nitrogens with zero attached hydrogens (tertiary/aromatic N) is 2. The lowest BCUT2D eigenvalue weighted by Crippen LogP contribution is -2.22. The van der Waals surface area contributed by atoms with Crippen molar-refractivity contribution in [1.29, 1.82) is 0 Å². The largest absolute Gasteiger partial charge is 0.478 e. The van der Waals surface area contributed by atoms with E-state index in [2.05, 4.69) is 26.4 Å². The van der Waals surface area contributed by atoms with Crippen molar-refractivity contribution in [3.05, 3.63) is 52.2 Å². The average molecular weight is 468 g/mol. The predicted molar refractivity (Wildman–Crippen MR) is 104 cm³/mol. The number of nitrogens with one attached hydrogen (secondary N) is 1. The van der Waals surface area contributed by atoms with E-state index in [0.29, 0.717) is 4.47 Å². The summed E-state index contributed by atoms with van der Waals surface area (Å²) in [5.74, 6) is -2.21. The van der Waals surface area contributed by atoms with E-state index in [9.17, 15) is 23.1 Å². The first kappa shape index (κ1) is 20.0. The normalized spacial score (nSPS) is 11.7. The van der Waals surface area contributed by atoms with Crippen LogP contribution in [-0.4, -0.2) is 49.0 Å². The molecular formula is C17H14BrN3O6S. The zero-order valence-corrected chi connectivity index (χ0v) is 17.0. The molecule has 0 atom stereocenters. The van der Waals surface area contributed by atoms with Gasteiger partial charge in [0.05, 0.1) is 21.5 Å². The molecule has 146 valence electrons. The topological polar surface area (TPSA) is 130 Å². The third-order valence-corrected chi connectivity index (χ3v) is 6.20. The summed E-state index contributed by atoms with van der Waals surface area (Å²) in [7, 11) is -0.940. The zero-order valence-electron chi connectivity index (χ0n) is 14.6. The average Bonchev–Trinajstić information content (AvgIpc) is 3.06. The van der Waals surface area contributed by atoms with Crippen molar-refractivity contribution in [2.75, 3.05) is 19.4 Å². The summed E-state index contributed by atoms with van der Waals surface area (Å²) >= 11 is 3.17. The minimum absolute atomic E-state index is 0.0304. The van der Waals surface area contributed by atoms with Crippen molar-refractivity contribution in [1.82, 2.24) is 9.46 Å². The fourth-order valence-electron chi connectivity index (χ4n) is 2.44. The molecule has 0 aliphatic rings. The molecule has 1 amide bonds. The molecule has 2 aromatic carbocycles. The van der Waals surface area contributed by atoms with E-state index >= 15 is 0 Å².